The Morgan fingerprint density at radius 1 is 1.15 bits per heavy atom. The SMILES string of the molecule is C=CCn1c(SCC(=O)Nc2ccccc2C(=O)NC2CCCC2)nnc1-c1cccc(C)c1. The summed E-state index contributed by atoms with van der Waals surface area (Å²) in [5, 5.41) is 15.3. The quantitative estimate of drug-likeness (QED) is 0.341. The highest BCUT2D eigenvalue weighted by Gasteiger charge is 2.20. The van der Waals surface area contributed by atoms with Crippen molar-refractivity contribution in [3.8, 4) is 11.4 Å². The second kappa shape index (κ2) is 11.2. The van der Waals surface area contributed by atoms with Crippen LogP contribution in [-0.2, 0) is 11.3 Å². The largest absolute Gasteiger partial charge is 0.349 e. The van der Waals surface area contributed by atoms with Crippen molar-refractivity contribution < 1.29 is 9.59 Å². The third kappa shape index (κ3) is 5.75. The van der Waals surface area contributed by atoms with E-state index in [2.05, 4.69) is 33.5 Å². The highest BCUT2D eigenvalue weighted by molar-refractivity contribution is 7.99. The number of anilines is 1. The van der Waals surface area contributed by atoms with Crippen molar-refractivity contribution in [3.63, 3.8) is 0 Å². The summed E-state index contributed by atoms with van der Waals surface area (Å²) in [6, 6.07) is 15.4. The number of benzene rings is 2. The minimum Gasteiger partial charge on any atom is -0.349 e. The molecule has 3 aromatic rings. The fraction of sp³-hybridized carbons (Fsp3) is 0.308. The fourth-order valence-corrected chi connectivity index (χ4v) is 4.87. The zero-order valence-electron chi connectivity index (χ0n) is 19.3. The van der Waals surface area contributed by atoms with Crippen molar-refractivity contribution in [1.29, 1.82) is 0 Å². The summed E-state index contributed by atoms with van der Waals surface area (Å²) in [4.78, 5) is 25.5. The number of carbonyl (C=O) groups is 2. The lowest BCUT2D eigenvalue weighted by Crippen LogP contribution is -2.33. The molecule has 8 heteroatoms. The topological polar surface area (TPSA) is 88.9 Å². The molecular weight excluding hydrogens is 446 g/mol. The Labute approximate surface area is 204 Å². The van der Waals surface area contributed by atoms with Gasteiger partial charge in [0.2, 0.25) is 5.91 Å². The van der Waals surface area contributed by atoms with Gasteiger partial charge in [0, 0.05) is 18.2 Å². The first-order chi connectivity index (χ1) is 16.5. The zero-order chi connectivity index (χ0) is 23.9. The predicted molar refractivity (Wildman–Crippen MR) is 136 cm³/mol. The molecule has 1 heterocycles. The van der Waals surface area contributed by atoms with Crippen LogP contribution in [0.25, 0.3) is 11.4 Å². The van der Waals surface area contributed by atoms with Gasteiger partial charge in [0.05, 0.1) is 17.0 Å². The van der Waals surface area contributed by atoms with Crippen LogP contribution in [0.2, 0.25) is 0 Å². The van der Waals surface area contributed by atoms with E-state index in [1.54, 1.807) is 24.3 Å². The number of aromatic nitrogens is 3. The molecular formula is C26H29N5O2S. The summed E-state index contributed by atoms with van der Waals surface area (Å²) in [6.45, 7) is 6.40. The van der Waals surface area contributed by atoms with Crippen LogP contribution in [0, 0.1) is 6.92 Å². The van der Waals surface area contributed by atoms with E-state index >= 15 is 0 Å². The molecule has 2 amide bonds. The van der Waals surface area contributed by atoms with E-state index in [0.717, 1.165) is 42.6 Å². The Balaban J connectivity index is 1.43. The van der Waals surface area contributed by atoms with E-state index in [9.17, 15) is 9.59 Å². The molecule has 7 nitrogen and oxygen atoms in total. The minimum absolute atomic E-state index is 0.141. The van der Waals surface area contributed by atoms with Crippen LogP contribution in [0.3, 0.4) is 0 Å². The summed E-state index contributed by atoms with van der Waals surface area (Å²) in [5.41, 5.74) is 3.09. The van der Waals surface area contributed by atoms with Gasteiger partial charge in [0.25, 0.3) is 5.91 Å². The number of para-hydroxylation sites is 1. The number of thioether (sulfide) groups is 1. The lowest BCUT2D eigenvalue weighted by Gasteiger charge is -2.15. The van der Waals surface area contributed by atoms with Gasteiger partial charge in [-0.05, 0) is 38.0 Å². The Hall–Kier alpha value is -3.39. The molecule has 1 aromatic heterocycles. The number of hydrogen-bond acceptors (Lipinski definition) is 5. The molecule has 0 spiro atoms. The number of rotatable bonds is 9. The number of allylic oxidation sites excluding steroid dienone is 1. The van der Waals surface area contributed by atoms with Crippen molar-refractivity contribution in [2.75, 3.05) is 11.1 Å². The number of aryl methyl sites for hydroxylation is 1. The summed E-state index contributed by atoms with van der Waals surface area (Å²) < 4.78 is 1.95. The number of hydrogen-bond donors (Lipinski definition) is 2. The van der Waals surface area contributed by atoms with Gasteiger partial charge in [-0.2, -0.15) is 0 Å². The van der Waals surface area contributed by atoms with E-state index in [4.69, 9.17) is 0 Å². The van der Waals surface area contributed by atoms with Gasteiger partial charge in [0.15, 0.2) is 11.0 Å². The average Bonchev–Trinajstić information content (AvgIpc) is 3.48. The lowest BCUT2D eigenvalue weighted by atomic mass is 10.1. The predicted octanol–water partition coefficient (Wildman–Crippen LogP) is 4.84. The maximum Gasteiger partial charge on any atom is 0.253 e. The maximum atomic E-state index is 12.8. The number of carbonyl (C=O) groups excluding carboxylic acids is 2. The highest BCUT2D eigenvalue weighted by Crippen LogP contribution is 2.25. The Morgan fingerprint density at radius 2 is 1.94 bits per heavy atom. The minimum atomic E-state index is -0.212. The lowest BCUT2D eigenvalue weighted by molar-refractivity contribution is -0.113. The molecule has 1 fully saturated rings. The Morgan fingerprint density at radius 3 is 2.71 bits per heavy atom. The van der Waals surface area contributed by atoms with Crippen LogP contribution >= 0.6 is 11.8 Å². The van der Waals surface area contributed by atoms with Gasteiger partial charge >= 0.3 is 0 Å². The number of amides is 2. The van der Waals surface area contributed by atoms with Crippen LogP contribution in [0.5, 0.6) is 0 Å². The molecule has 4 rings (SSSR count). The van der Waals surface area contributed by atoms with E-state index in [-0.39, 0.29) is 23.6 Å². The third-order valence-electron chi connectivity index (χ3n) is 5.77. The molecule has 0 radical (unpaired) electrons. The van der Waals surface area contributed by atoms with Crippen LogP contribution in [0.4, 0.5) is 5.69 Å². The number of nitrogens with zero attached hydrogens (tertiary/aromatic N) is 3. The molecule has 2 aromatic carbocycles. The summed E-state index contributed by atoms with van der Waals surface area (Å²) in [5.74, 6) is 0.516. The van der Waals surface area contributed by atoms with Gasteiger partial charge in [-0.15, -0.1) is 16.8 Å². The average molecular weight is 476 g/mol. The van der Waals surface area contributed by atoms with E-state index in [1.165, 1.54) is 11.8 Å². The van der Waals surface area contributed by atoms with Gasteiger partial charge in [0.1, 0.15) is 0 Å². The molecule has 0 atom stereocenters. The van der Waals surface area contributed by atoms with Crippen molar-refractivity contribution in [2.45, 2.75) is 50.4 Å². The second-order valence-electron chi connectivity index (χ2n) is 8.41. The number of nitrogens with one attached hydrogen (secondary N) is 2. The third-order valence-corrected chi connectivity index (χ3v) is 6.74. The summed E-state index contributed by atoms with van der Waals surface area (Å²) >= 11 is 1.30. The van der Waals surface area contributed by atoms with Gasteiger partial charge in [-0.25, -0.2) is 0 Å². The Kier molecular flexibility index (Phi) is 7.80. The molecule has 0 unspecified atom stereocenters. The molecule has 0 saturated heterocycles. The molecule has 1 aliphatic carbocycles. The van der Waals surface area contributed by atoms with Crippen molar-refractivity contribution >= 4 is 29.3 Å². The zero-order valence-corrected chi connectivity index (χ0v) is 20.1. The smallest absolute Gasteiger partial charge is 0.253 e. The van der Waals surface area contributed by atoms with Crippen molar-refractivity contribution in [3.05, 3.63) is 72.3 Å². The van der Waals surface area contributed by atoms with E-state index in [1.807, 2.05) is 35.8 Å². The van der Waals surface area contributed by atoms with E-state index < -0.39 is 0 Å². The highest BCUT2D eigenvalue weighted by atomic mass is 32.2. The molecule has 0 aliphatic heterocycles. The van der Waals surface area contributed by atoms with Crippen LogP contribution in [-0.4, -0.2) is 38.4 Å². The first kappa shape index (κ1) is 23.8. The Bertz CT molecular complexity index is 1180. The molecule has 34 heavy (non-hydrogen) atoms. The van der Waals surface area contributed by atoms with Crippen molar-refractivity contribution in [1.82, 2.24) is 20.1 Å². The van der Waals surface area contributed by atoms with E-state index in [0.29, 0.717) is 23.0 Å². The normalized spacial score (nSPS) is 13.6. The second-order valence-corrected chi connectivity index (χ2v) is 9.35. The first-order valence-electron chi connectivity index (χ1n) is 11.5. The maximum absolute atomic E-state index is 12.8. The summed E-state index contributed by atoms with van der Waals surface area (Å²) in [6.07, 6.45) is 6.08. The van der Waals surface area contributed by atoms with Crippen LogP contribution in [0.1, 0.15) is 41.6 Å². The molecule has 1 aliphatic rings. The van der Waals surface area contributed by atoms with Gasteiger partial charge in [-0.3, -0.25) is 14.2 Å². The molecule has 2 N–H and O–H groups in total. The molecule has 0 bridgehead atoms. The molecule has 1 saturated carbocycles. The standard InChI is InChI=1S/C26H29N5O2S/c1-3-15-31-24(19-10-8-9-18(2)16-19)29-30-26(31)34-17-23(32)28-22-14-7-6-13-21(22)25(33)27-20-11-4-5-12-20/h3,6-10,13-14,16,20H,1,4-5,11-12,15,17H2,2H3,(H,27,33)(H,28,32). The van der Waals surface area contributed by atoms with Crippen LogP contribution < -0.4 is 10.6 Å². The van der Waals surface area contributed by atoms with Crippen molar-refractivity contribution in [2.24, 2.45) is 0 Å². The monoisotopic (exact) mass is 475 g/mol. The molecule has 176 valence electrons. The van der Waals surface area contributed by atoms with Crippen LogP contribution in [0.15, 0.2) is 66.3 Å². The van der Waals surface area contributed by atoms with Gasteiger partial charge < -0.3 is 10.6 Å². The summed E-state index contributed by atoms with van der Waals surface area (Å²) in [7, 11) is 0. The fourth-order valence-electron chi connectivity index (χ4n) is 4.13. The first-order valence-corrected chi connectivity index (χ1v) is 12.5. The van der Waals surface area contributed by atoms with Gasteiger partial charge in [-0.1, -0.05) is 66.6 Å².